The molecule has 2 aromatic rings. The largest absolute Gasteiger partial charge is 0.482 e. The molecule has 1 heterocycles. The van der Waals surface area contributed by atoms with E-state index in [4.69, 9.17) is 10.5 Å². The number of nitrogens with zero attached hydrogens (tertiary/aromatic N) is 2. The zero-order chi connectivity index (χ0) is 20.3. The lowest BCUT2D eigenvalue weighted by Crippen LogP contribution is -2.58. The summed E-state index contributed by atoms with van der Waals surface area (Å²) in [6, 6.07) is 12.4. The van der Waals surface area contributed by atoms with Gasteiger partial charge in [0, 0.05) is 31.7 Å². The van der Waals surface area contributed by atoms with Crippen LogP contribution in [0.5, 0.6) is 5.75 Å². The zero-order valence-electron chi connectivity index (χ0n) is 16.7. The van der Waals surface area contributed by atoms with Crippen LogP contribution in [0, 0.1) is 12.7 Å². The van der Waals surface area contributed by atoms with E-state index in [1.54, 1.807) is 6.07 Å². The van der Waals surface area contributed by atoms with Crippen LogP contribution in [0.15, 0.2) is 42.5 Å². The monoisotopic (exact) mass is 385 g/mol. The predicted octanol–water partition coefficient (Wildman–Crippen LogP) is 3.22. The van der Waals surface area contributed by atoms with Gasteiger partial charge in [-0.2, -0.15) is 0 Å². The Morgan fingerprint density at radius 1 is 1.14 bits per heavy atom. The number of amides is 1. The van der Waals surface area contributed by atoms with Gasteiger partial charge in [-0.3, -0.25) is 9.69 Å². The van der Waals surface area contributed by atoms with Crippen molar-refractivity contribution in [3.05, 3.63) is 59.4 Å². The highest BCUT2D eigenvalue weighted by Crippen LogP contribution is 2.23. The number of halogens is 1. The molecule has 1 amide bonds. The van der Waals surface area contributed by atoms with Crippen LogP contribution < -0.4 is 10.5 Å². The smallest absolute Gasteiger partial charge is 0.260 e. The highest BCUT2D eigenvalue weighted by molar-refractivity contribution is 5.78. The molecular formula is C22H28FN3O2. The van der Waals surface area contributed by atoms with Crippen LogP contribution in [0.4, 0.5) is 10.1 Å². The molecule has 1 fully saturated rings. The van der Waals surface area contributed by atoms with Crippen molar-refractivity contribution in [1.29, 1.82) is 0 Å². The van der Waals surface area contributed by atoms with Gasteiger partial charge in [0.2, 0.25) is 0 Å². The fourth-order valence-corrected chi connectivity index (χ4v) is 3.61. The molecule has 1 aliphatic rings. The van der Waals surface area contributed by atoms with Crippen LogP contribution in [0.2, 0.25) is 0 Å². The second kappa shape index (κ2) is 8.61. The number of carbonyl (C=O) groups is 1. The first-order valence-electron chi connectivity index (χ1n) is 9.60. The molecule has 0 aliphatic carbocycles. The summed E-state index contributed by atoms with van der Waals surface area (Å²) in [5.74, 6) is 0.269. The van der Waals surface area contributed by atoms with Crippen molar-refractivity contribution in [2.45, 2.75) is 39.4 Å². The standard InChI is InChI=1S/C22H28FN3O2/c1-15-4-9-21(20(24)10-15)28-14-22(27)26-12-16(2)25(11-17(26)3)13-18-5-7-19(23)8-6-18/h4-10,16-17H,11-14,24H2,1-3H3. The zero-order valence-corrected chi connectivity index (χ0v) is 16.7. The van der Waals surface area contributed by atoms with Gasteiger partial charge in [-0.05, 0) is 56.2 Å². The molecule has 150 valence electrons. The Kier molecular flexibility index (Phi) is 6.19. The van der Waals surface area contributed by atoms with Gasteiger partial charge >= 0.3 is 0 Å². The fraction of sp³-hybridized carbons (Fsp3) is 0.409. The first-order chi connectivity index (χ1) is 13.3. The van der Waals surface area contributed by atoms with Gasteiger partial charge in [0.25, 0.3) is 5.91 Å². The third-order valence-electron chi connectivity index (χ3n) is 5.25. The fourth-order valence-electron chi connectivity index (χ4n) is 3.61. The molecule has 2 aromatic carbocycles. The third-order valence-corrected chi connectivity index (χ3v) is 5.25. The molecule has 3 rings (SSSR count). The number of piperazine rings is 1. The third kappa shape index (κ3) is 4.81. The molecule has 2 unspecified atom stereocenters. The SMILES string of the molecule is Cc1ccc(OCC(=O)N2CC(C)N(Cc3ccc(F)cc3)CC2C)c(N)c1. The highest BCUT2D eigenvalue weighted by atomic mass is 19.1. The van der Waals surface area contributed by atoms with E-state index in [9.17, 15) is 9.18 Å². The second-order valence-electron chi connectivity index (χ2n) is 7.63. The number of hydrogen-bond donors (Lipinski definition) is 1. The molecule has 1 saturated heterocycles. The Morgan fingerprint density at radius 3 is 2.54 bits per heavy atom. The van der Waals surface area contributed by atoms with Crippen molar-refractivity contribution in [2.24, 2.45) is 0 Å². The molecule has 2 atom stereocenters. The Balaban J connectivity index is 1.57. The molecule has 28 heavy (non-hydrogen) atoms. The maximum Gasteiger partial charge on any atom is 0.260 e. The van der Waals surface area contributed by atoms with E-state index in [1.807, 2.05) is 43.0 Å². The van der Waals surface area contributed by atoms with Crippen molar-refractivity contribution in [1.82, 2.24) is 9.80 Å². The van der Waals surface area contributed by atoms with Crippen LogP contribution in [-0.4, -0.2) is 47.5 Å². The molecule has 0 bridgehead atoms. The molecule has 0 saturated carbocycles. The van der Waals surface area contributed by atoms with Gasteiger partial charge < -0.3 is 15.4 Å². The van der Waals surface area contributed by atoms with Crippen molar-refractivity contribution in [3.8, 4) is 5.75 Å². The Bertz CT molecular complexity index is 825. The maximum atomic E-state index is 13.1. The summed E-state index contributed by atoms with van der Waals surface area (Å²) in [7, 11) is 0. The summed E-state index contributed by atoms with van der Waals surface area (Å²) in [6.45, 7) is 8.22. The Labute approximate surface area is 165 Å². The predicted molar refractivity (Wildman–Crippen MR) is 109 cm³/mol. The van der Waals surface area contributed by atoms with Gasteiger partial charge in [-0.15, -0.1) is 0 Å². The lowest BCUT2D eigenvalue weighted by Gasteiger charge is -2.44. The molecule has 1 aliphatic heterocycles. The van der Waals surface area contributed by atoms with Gasteiger partial charge in [0.1, 0.15) is 11.6 Å². The van der Waals surface area contributed by atoms with Crippen LogP contribution >= 0.6 is 0 Å². The Morgan fingerprint density at radius 2 is 1.86 bits per heavy atom. The van der Waals surface area contributed by atoms with Crippen molar-refractivity contribution in [3.63, 3.8) is 0 Å². The average Bonchev–Trinajstić information content (AvgIpc) is 2.65. The number of anilines is 1. The summed E-state index contributed by atoms with van der Waals surface area (Å²) < 4.78 is 18.8. The number of aryl methyl sites for hydroxylation is 1. The normalized spacial score (nSPS) is 20.2. The van der Waals surface area contributed by atoms with E-state index in [2.05, 4.69) is 11.8 Å². The van der Waals surface area contributed by atoms with E-state index < -0.39 is 0 Å². The van der Waals surface area contributed by atoms with Crippen LogP contribution in [-0.2, 0) is 11.3 Å². The van der Waals surface area contributed by atoms with Crippen molar-refractivity contribution < 1.29 is 13.9 Å². The molecule has 0 spiro atoms. The molecule has 6 heteroatoms. The second-order valence-corrected chi connectivity index (χ2v) is 7.63. The van der Waals surface area contributed by atoms with E-state index in [-0.39, 0.29) is 30.4 Å². The summed E-state index contributed by atoms with van der Waals surface area (Å²) in [5, 5.41) is 0. The topological polar surface area (TPSA) is 58.8 Å². The van der Waals surface area contributed by atoms with Crippen LogP contribution in [0.3, 0.4) is 0 Å². The van der Waals surface area contributed by atoms with Gasteiger partial charge in [-0.25, -0.2) is 4.39 Å². The minimum atomic E-state index is -0.227. The Hall–Kier alpha value is -2.60. The average molecular weight is 385 g/mol. The van der Waals surface area contributed by atoms with E-state index >= 15 is 0 Å². The lowest BCUT2D eigenvalue weighted by atomic mass is 10.1. The molecule has 0 radical (unpaired) electrons. The number of hydrogen-bond acceptors (Lipinski definition) is 4. The first-order valence-corrected chi connectivity index (χ1v) is 9.60. The van der Waals surface area contributed by atoms with E-state index in [0.717, 1.165) is 24.2 Å². The quantitative estimate of drug-likeness (QED) is 0.803. The number of ether oxygens (including phenoxy) is 1. The minimum Gasteiger partial charge on any atom is -0.482 e. The summed E-state index contributed by atoms with van der Waals surface area (Å²) in [5.41, 5.74) is 8.62. The summed E-state index contributed by atoms with van der Waals surface area (Å²) in [4.78, 5) is 16.9. The summed E-state index contributed by atoms with van der Waals surface area (Å²) >= 11 is 0. The number of nitrogen functional groups attached to an aromatic ring is 1. The summed E-state index contributed by atoms with van der Waals surface area (Å²) in [6.07, 6.45) is 0. The lowest BCUT2D eigenvalue weighted by molar-refractivity contribution is -0.139. The van der Waals surface area contributed by atoms with Gasteiger partial charge in [-0.1, -0.05) is 18.2 Å². The number of rotatable bonds is 5. The molecular weight excluding hydrogens is 357 g/mol. The molecule has 0 aromatic heterocycles. The minimum absolute atomic E-state index is 0.0255. The number of nitrogens with two attached hydrogens (primary N) is 1. The van der Waals surface area contributed by atoms with Crippen LogP contribution in [0.25, 0.3) is 0 Å². The van der Waals surface area contributed by atoms with Crippen LogP contribution in [0.1, 0.15) is 25.0 Å². The molecule has 5 nitrogen and oxygen atoms in total. The van der Waals surface area contributed by atoms with Gasteiger partial charge in [0.05, 0.1) is 5.69 Å². The number of benzene rings is 2. The molecule has 2 N–H and O–H groups in total. The van der Waals surface area contributed by atoms with Gasteiger partial charge in [0.15, 0.2) is 6.61 Å². The number of carbonyl (C=O) groups excluding carboxylic acids is 1. The maximum absolute atomic E-state index is 13.1. The highest BCUT2D eigenvalue weighted by Gasteiger charge is 2.32. The first kappa shape index (κ1) is 20.1. The van der Waals surface area contributed by atoms with E-state index in [1.165, 1.54) is 12.1 Å². The van der Waals surface area contributed by atoms with Crippen molar-refractivity contribution in [2.75, 3.05) is 25.4 Å². The van der Waals surface area contributed by atoms with E-state index in [0.29, 0.717) is 18.0 Å². The van der Waals surface area contributed by atoms with Crippen molar-refractivity contribution >= 4 is 11.6 Å².